The third kappa shape index (κ3) is 4.23. The van der Waals surface area contributed by atoms with Gasteiger partial charge in [0.15, 0.2) is 0 Å². The topological polar surface area (TPSA) is 85.6 Å². The molecular weight excluding hydrogens is 386 g/mol. The summed E-state index contributed by atoms with van der Waals surface area (Å²) in [5, 5.41) is 2.62. The number of hydrogen-bond acceptors (Lipinski definition) is 6. The number of carbonyl (C=O) groups is 1. The van der Waals surface area contributed by atoms with Crippen LogP contribution >= 0.6 is 11.3 Å². The Kier molecular flexibility index (Phi) is 5.69. The molecule has 2 heterocycles. The van der Waals surface area contributed by atoms with Crippen LogP contribution in [0.5, 0.6) is 0 Å². The van der Waals surface area contributed by atoms with Gasteiger partial charge in [0.2, 0.25) is 15.8 Å². The van der Waals surface area contributed by atoms with E-state index < -0.39 is 16.0 Å². The molecule has 0 unspecified atom stereocenters. The first-order valence-corrected chi connectivity index (χ1v) is 10.9. The average molecular weight is 408 g/mol. The highest BCUT2D eigenvalue weighted by Crippen LogP contribution is 2.28. The second-order valence-corrected chi connectivity index (χ2v) is 8.94. The Balaban J connectivity index is 1.80. The number of benzene rings is 1. The third-order valence-electron chi connectivity index (χ3n) is 4.13. The van der Waals surface area contributed by atoms with Crippen molar-refractivity contribution < 1.29 is 22.4 Å². The number of carbonyl (C=O) groups excluding carboxylic acids is 1. The van der Waals surface area contributed by atoms with Crippen LogP contribution in [0.4, 0.5) is 0 Å². The van der Waals surface area contributed by atoms with Crippen LogP contribution in [0.25, 0.3) is 11.0 Å². The lowest BCUT2D eigenvalue weighted by Crippen LogP contribution is -2.25. The van der Waals surface area contributed by atoms with E-state index in [0.717, 1.165) is 4.88 Å². The van der Waals surface area contributed by atoms with Gasteiger partial charge in [0.1, 0.15) is 5.58 Å². The van der Waals surface area contributed by atoms with Crippen molar-refractivity contribution in [1.29, 1.82) is 0 Å². The predicted molar refractivity (Wildman–Crippen MR) is 105 cm³/mol. The lowest BCUT2D eigenvalue weighted by molar-refractivity contribution is 0.0491. The molecule has 1 aromatic carbocycles. The van der Waals surface area contributed by atoms with Gasteiger partial charge < -0.3 is 9.15 Å². The third-order valence-corrected chi connectivity index (χ3v) is 6.70. The molecule has 3 aromatic rings. The SMILES string of the molecule is CCOC(=O)c1oc2ccc(S(=O)(=O)NCCc3cc(C)cs3)cc2c1C. The molecular formula is C19H21NO5S2. The van der Waals surface area contributed by atoms with Gasteiger partial charge in [-0.05, 0) is 62.4 Å². The molecule has 0 aliphatic heterocycles. The molecule has 0 spiro atoms. The summed E-state index contributed by atoms with van der Waals surface area (Å²) in [4.78, 5) is 13.2. The summed E-state index contributed by atoms with van der Waals surface area (Å²) in [5.41, 5.74) is 2.19. The summed E-state index contributed by atoms with van der Waals surface area (Å²) in [6.07, 6.45) is 0.637. The number of thiophene rings is 1. The minimum absolute atomic E-state index is 0.0995. The van der Waals surface area contributed by atoms with Gasteiger partial charge in [0.05, 0.1) is 11.5 Å². The Morgan fingerprint density at radius 2 is 2.04 bits per heavy atom. The molecule has 27 heavy (non-hydrogen) atoms. The Hall–Kier alpha value is -2.16. The van der Waals surface area contributed by atoms with Crippen molar-refractivity contribution in [2.45, 2.75) is 32.1 Å². The summed E-state index contributed by atoms with van der Waals surface area (Å²) < 4.78 is 38.3. The van der Waals surface area contributed by atoms with E-state index in [2.05, 4.69) is 10.8 Å². The zero-order valence-electron chi connectivity index (χ0n) is 15.4. The van der Waals surface area contributed by atoms with Crippen LogP contribution in [-0.4, -0.2) is 27.5 Å². The first-order valence-electron chi connectivity index (χ1n) is 8.55. The number of furan rings is 1. The monoisotopic (exact) mass is 407 g/mol. The standard InChI is InChI=1S/C19H21NO5S2/c1-4-24-19(21)18-13(3)16-10-15(5-6-17(16)25-18)27(22,23)20-8-7-14-9-12(2)11-26-14/h5-6,9-11,20H,4,7-8H2,1-3H3. The van der Waals surface area contributed by atoms with Crippen LogP contribution in [-0.2, 0) is 21.2 Å². The summed E-state index contributed by atoms with van der Waals surface area (Å²) >= 11 is 1.62. The smallest absolute Gasteiger partial charge is 0.374 e. The van der Waals surface area contributed by atoms with Crippen molar-refractivity contribution in [3.8, 4) is 0 Å². The maximum Gasteiger partial charge on any atom is 0.374 e. The molecule has 0 saturated heterocycles. The number of nitrogens with one attached hydrogen (secondary N) is 1. The van der Waals surface area contributed by atoms with Crippen LogP contribution in [0.15, 0.2) is 39.0 Å². The highest BCUT2D eigenvalue weighted by atomic mass is 32.2. The number of esters is 1. The fraction of sp³-hybridized carbons (Fsp3) is 0.316. The Labute approximate surface area is 162 Å². The van der Waals surface area contributed by atoms with Crippen molar-refractivity contribution >= 4 is 38.3 Å². The normalized spacial score (nSPS) is 11.8. The van der Waals surface area contributed by atoms with Gasteiger partial charge >= 0.3 is 5.97 Å². The van der Waals surface area contributed by atoms with E-state index in [1.165, 1.54) is 17.7 Å². The van der Waals surface area contributed by atoms with Gasteiger partial charge in [0.25, 0.3) is 0 Å². The van der Waals surface area contributed by atoms with Gasteiger partial charge in [-0.2, -0.15) is 0 Å². The molecule has 0 amide bonds. The molecule has 3 rings (SSSR count). The molecule has 144 valence electrons. The maximum absolute atomic E-state index is 12.6. The van der Waals surface area contributed by atoms with E-state index in [0.29, 0.717) is 29.5 Å². The van der Waals surface area contributed by atoms with Crippen molar-refractivity contribution in [3.05, 3.63) is 51.4 Å². The number of rotatable bonds is 7. The number of fused-ring (bicyclic) bond motifs is 1. The molecule has 0 aliphatic carbocycles. The van der Waals surface area contributed by atoms with Gasteiger partial charge in [0, 0.05) is 22.4 Å². The molecule has 0 atom stereocenters. The highest BCUT2D eigenvalue weighted by Gasteiger charge is 2.21. The second-order valence-electron chi connectivity index (χ2n) is 6.17. The molecule has 1 N–H and O–H groups in total. The van der Waals surface area contributed by atoms with Gasteiger partial charge in [-0.15, -0.1) is 11.3 Å². The zero-order valence-corrected chi connectivity index (χ0v) is 17.0. The summed E-state index contributed by atoms with van der Waals surface area (Å²) in [6.45, 7) is 5.99. The van der Waals surface area contributed by atoms with Gasteiger partial charge in [-0.3, -0.25) is 0 Å². The fourth-order valence-corrected chi connectivity index (χ4v) is 4.71. The second kappa shape index (κ2) is 7.84. The number of hydrogen-bond donors (Lipinski definition) is 1. The summed E-state index contributed by atoms with van der Waals surface area (Å²) in [5.74, 6) is -0.456. The van der Waals surface area contributed by atoms with Crippen molar-refractivity contribution in [1.82, 2.24) is 4.72 Å². The molecule has 0 saturated carbocycles. The average Bonchev–Trinajstić information content (AvgIpc) is 3.18. The Bertz CT molecular complexity index is 1080. The zero-order chi connectivity index (χ0) is 19.6. The Morgan fingerprint density at radius 3 is 2.70 bits per heavy atom. The van der Waals surface area contributed by atoms with E-state index in [4.69, 9.17) is 9.15 Å². The molecule has 8 heteroatoms. The van der Waals surface area contributed by atoms with Crippen LogP contribution in [0.3, 0.4) is 0 Å². The quantitative estimate of drug-likeness (QED) is 0.602. The van der Waals surface area contributed by atoms with E-state index in [9.17, 15) is 13.2 Å². The fourth-order valence-electron chi connectivity index (χ4n) is 2.77. The number of aryl methyl sites for hydroxylation is 2. The van der Waals surface area contributed by atoms with Crippen LogP contribution < -0.4 is 4.72 Å². The molecule has 0 radical (unpaired) electrons. The van der Waals surface area contributed by atoms with Crippen LogP contribution in [0.1, 0.15) is 33.5 Å². The minimum atomic E-state index is -3.66. The van der Waals surface area contributed by atoms with E-state index in [1.807, 2.05) is 12.3 Å². The van der Waals surface area contributed by atoms with Crippen molar-refractivity contribution in [2.24, 2.45) is 0 Å². The van der Waals surface area contributed by atoms with Crippen LogP contribution in [0, 0.1) is 13.8 Å². The molecule has 0 bridgehead atoms. The summed E-state index contributed by atoms with van der Waals surface area (Å²) in [6, 6.07) is 6.60. The van der Waals surface area contributed by atoms with Gasteiger partial charge in [-0.25, -0.2) is 17.9 Å². The van der Waals surface area contributed by atoms with E-state index in [-0.39, 0.29) is 17.3 Å². The van der Waals surface area contributed by atoms with Crippen molar-refractivity contribution in [2.75, 3.05) is 13.2 Å². The molecule has 2 aromatic heterocycles. The minimum Gasteiger partial charge on any atom is -0.460 e. The lowest BCUT2D eigenvalue weighted by atomic mass is 10.1. The summed E-state index contributed by atoms with van der Waals surface area (Å²) in [7, 11) is -3.66. The van der Waals surface area contributed by atoms with E-state index in [1.54, 1.807) is 31.3 Å². The van der Waals surface area contributed by atoms with Gasteiger partial charge in [-0.1, -0.05) is 0 Å². The maximum atomic E-state index is 12.6. The molecule has 0 fully saturated rings. The van der Waals surface area contributed by atoms with E-state index >= 15 is 0 Å². The number of ether oxygens (including phenoxy) is 1. The molecule has 6 nitrogen and oxygen atoms in total. The lowest BCUT2D eigenvalue weighted by Gasteiger charge is -2.06. The first kappa shape index (κ1) is 19.6. The largest absolute Gasteiger partial charge is 0.460 e. The number of sulfonamides is 1. The Morgan fingerprint density at radius 1 is 1.26 bits per heavy atom. The molecule has 0 aliphatic rings. The van der Waals surface area contributed by atoms with Crippen molar-refractivity contribution in [3.63, 3.8) is 0 Å². The van der Waals surface area contributed by atoms with Crippen LogP contribution in [0.2, 0.25) is 0 Å². The predicted octanol–water partition coefficient (Wildman–Crippen LogP) is 3.81. The first-order chi connectivity index (χ1) is 12.8. The highest BCUT2D eigenvalue weighted by molar-refractivity contribution is 7.89.